The quantitative estimate of drug-likeness (QED) is 0.877. The van der Waals surface area contributed by atoms with Gasteiger partial charge < -0.3 is 5.32 Å². The number of hydrogen-bond acceptors (Lipinski definition) is 2. The van der Waals surface area contributed by atoms with Gasteiger partial charge in [-0.25, -0.2) is 0 Å². The lowest BCUT2D eigenvalue weighted by molar-refractivity contribution is -0.124. The molecule has 1 heterocycles. The zero-order chi connectivity index (χ0) is 12.3. The van der Waals surface area contributed by atoms with Crippen molar-refractivity contribution in [2.75, 3.05) is 0 Å². The van der Waals surface area contributed by atoms with Gasteiger partial charge >= 0.3 is 0 Å². The number of rotatable bonds is 3. The highest BCUT2D eigenvalue weighted by molar-refractivity contribution is 5.80. The van der Waals surface area contributed by atoms with Gasteiger partial charge in [-0.05, 0) is 23.8 Å². The van der Waals surface area contributed by atoms with Crippen molar-refractivity contribution in [3.05, 3.63) is 42.1 Å². The van der Waals surface area contributed by atoms with Crippen LogP contribution in [0.2, 0.25) is 0 Å². The molecule has 3 heteroatoms. The Labute approximate surface area is 101 Å². The van der Waals surface area contributed by atoms with Gasteiger partial charge in [0.05, 0.1) is 5.52 Å². The van der Waals surface area contributed by atoms with E-state index in [0.717, 1.165) is 16.5 Å². The predicted molar refractivity (Wildman–Crippen MR) is 68.4 cm³/mol. The molecule has 0 unspecified atom stereocenters. The van der Waals surface area contributed by atoms with Crippen LogP contribution in [-0.2, 0) is 11.3 Å². The number of nitrogens with zero attached hydrogens (tertiary/aromatic N) is 1. The van der Waals surface area contributed by atoms with Gasteiger partial charge in [0.2, 0.25) is 5.91 Å². The van der Waals surface area contributed by atoms with Crippen LogP contribution in [0.1, 0.15) is 19.4 Å². The Morgan fingerprint density at radius 2 is 2.18 bits per heavy atom. The van der Waals surface area contributed by atoms with E-state index >= 15 is 0 Å². The summed E-state index contributed by atoms with van der Waals surface area (Å²) in [4.78, 5) is 15.7. The minimum atomic E-state index is 0.0251. The molecule has 0 atom stereocenters. The van der Waals surface area contributed by atoms with Gasteiger partial charge in [-0.2, -0.15) is 0 Å². The summed E-state index contributed by atoms with van der Waals surface area (Å²) in [6.45, 7) is 4.35. The van der Waals surface area contributed by atoms with Gasteiger partial charge in [0, 0.05) is 24.0 Å². The minimum absolute atomic E-state index is 0.0251. The van der Waals surface area contributed by atoms with E-state index in [1.54, 1.807) is 6.20 Å². The summed E-state index contributed by atoms with van der Waals surface area (Å²) >= 11 is 0. The summed E-state index contributed by atoms with van der Waals surface area (Å²) in [7, 11) is 0. The fraction of sp³-hybridized carbons (Fsp3) is 0.286. The SMILES string of the molecule is CC(C)C(=O)NCc1ccc2ncccc2c1. The van der Waals surface area contributed by atoms with Gasteiger partial charge in [-0.15, -0.1) is 0 Å². The number of carbonyl (C=O) groups is 1. The molecule has 1 amide bonds. The summed E-state index contributed by atoms with van der Waals surface area (Å²) in [5.74, 6) is 0.105. The van der Waals surface area contributed by atoms with Gasteiger partial charge in [0.1, 0.15) is 0 Å². The van der Waals surface area contributed by atoms with Crippen LogP contribution in [-0.4, -0.2) is 10.9 Å². The highest BCUT2D eigenvalue weighted by atomic mass is 16.1. The average molecular weight is 228 g/mol. The van der Waals surface area contributed by atoms with Crippen molar-refractivity contribution in [2.24, 2.45) is 5.92 Å². The van der Waals surface area contributed by atoms with E-state index in [-0.39, 0.29) is 11.8 Å². The summed E-state index contributed by atoms with van der Waals surface area (Å²) in [5.41, 5.74) is 2.07. The van der Waals surface area contributed by atoms with Crippen LogP contribution in [0.3, 0.4) is 0 Å². The van der Waals surface area contributed by atoms with Gasteiger partial charge in [-0.1, -0.05) is 26.0 Å². The number of amides is 1. The Morgan fingerprint density at radius 3 is 2.94 bits per heavy atom. The Balaban J connectivity index is 2.12. The van der Waals surface area contributed by atoms with Crippen LogP contribution in [0.5, 0.6) is 0 Å². The van der Waals surface area contributed by atoms with E-state index < -0.39 is 0 Å². The first-order valence-electron chi connectivity index (χ1n) is 5.78. The summed E-state index contributed by atoms with van der Waals surface area (Å²) in [6.07, 6.45) is 1.78. The van der Waals surface area contributed by atoms with E-state index in [0.29, 0.717) is 6.54 Å². The lowest BCUT2D eigenvalue weighted by atomic mass is 10.1. The van der Waals surface area contributed by atoms with Crippen LogP contribution in [0, 0.1) is 5.92 Å². The number of pyridine rings is 1. The van der Waals surface area contributed by atoms with Crippen molar-refractivity contribution in [3.8, 4) is 0 Å². The molecule has 1 N–H and O–H groups in total. The molecule has 3 nitrogen and oxygen atoms in total. The second kappa shape index (κ2) is 4.95. The third-order valence-electron chi connectivity index (χ3n) is 2.66. The maximum Gasteiger partial charge on any atom is 0.222 e. The normalized spacial score (nSPS) is 10.8. The minimum Gasteiger partial charge on any atom is -0.352 e. The lowest BCUT2D eigenvalue weighted by Gasteiger charge is -2.08. The molecule has 1 aromatic heterocycles. The zero-order valence-corrected chi connectivity index (χ0v) is 10.1. The van der Waals surface area contributed by atoms with Gasteiger partial charge in [0.15, 0.2) is 0 Å². The third kappa shape index (κ3) is 2.81. The molecule has 0 bridgehead atoms. The van der Waals surface area contributed by atoms with Gasteiger partial charge in [0.25, 0.3) is 0 Å². The second-order valence-electron chi connectivity index (χ2n) is 4.40. The average Bonchev–Trinajstić information content (AvgIpc) is 2.35. The van der Waals surface area contributed by atoms with E-state index in [1.165, 1.54) is 0 Å². The van der Waals surface area contributed by atoms with Gasteiger partial charge in [-0.3, -0.25) is 9.78 Å². The Morgan fingerprint density at radius 1 is 1.35 bits per heavy atom. The number of nitrogens with one attached hydrogen (secondary N) is 1. The standard InChI is InChI=1S/C14H16N2O/c1-10(2)14(17)16-9-11-5-6-13-12(8-11)4-3-7-15-13/h3-8,10H,9H2,1-2H3,(H,16,17). The fourth-order valence-electron chi connectivity index (χ4n) is 1.63. The van der Waals surface area contributed by atoms with Crippen molar-refractivity contribution in [3.63, 3.8) is 0 Å². The monoisotopic (exact) mass is 228 g/mol. The maximum atomic E-state index is 11.5. The topological polar surface area (TPSA) is 42.0 Å². The number of aromatic nitrogens is 1. The molecule has 0 radical (unpaired) electrons. The highest BCUT2D eigenvalue weighted by Gasteiger charge is 2.05. The number of benzene rings is 1. The molecule has 0 aliphatic carbocycles. The molecule has 0 spiro atoms. The summed E-state index contributed by atoms with van der Waals surface area (Å²) in [5, 5.41) is 4.00. The van der Waals surface area contributed by atoms with E-state index in [1.807, 2.05) is 38.1 Å². The summed E-state index contributed by atoms with van der Waals surface area (Å²) in [6, 6.07) is 9.97. The number of hydrogen-bond donors (Lipinski definition) is 1. The lowest BCUT2D eigenvalue weighted by Crippen LogP contribution is -2.27. The van der Waals surface area contributed by atoms with Crippen LogP contribution >= 0.6 is 0 Å². The van der Waals surface area contributed by atoms with E-state index in [2.05, 4.69) is 16.4 Å². The molecule has 17 heavy (non-hydrogen) atoms. The third-order valence-corrected chi connectivity index (χ3v) is 2.66. The first-order valence-corrected chi connectivity index (χ1v) is 5.78. The van der Waals surface area contributed by atoms with Crippen LogP contribution in [0.4, 0.5) is 0 Å². The van der Waals surface area contributed by atoms with E-state index in [4.69, 9.17) is 0 Å². The Hall–Kier alpha value is -1.90. The van der Waals surface area contributed by atoms with Crippen LogP contribution in [0.15, 0.2) is 36.5 Å². The highest BCUT2D eigenvalue weighted by Crippen LogP contribution is 2.13. The molecule has 0 aliphatic rings. The number of carbonyl (C=O) groups excluding carboxylic acids is 1. The molecular formula is C14H16N2O. The molecular weight excluding hydrogens is 212 g/mol. The fourth-order valence-corrected chi connectivity index (χ4v) is 1.63. The molecule has 0 fully saturated rings. The first kappa shape index (κ1) is 11.6. The van der Waals surface area contributed by atoms with Crippen LogP contribution in [0.25, 0.3) is 10.9 Å². The van der Waals surface area contributed by atoms with Crippen LogP contribution < -0.4 is 5.32 Å². The van der Waals surface area contributed by atoms with Crippen molar-refractivity contribution in [1.82, 2.24) is 10.3 Å². The largest absolute Gasteiger partial charge is 0.352 e. The number of fused-ring (bicyclic) bond motifs is 1. The smallest absolute Gasteiger partial charge is 0.222 e. The zero-order valence-electron chi connectivity index (χ0n) is 10.1. The molecule has 0 aliphatic heterocycles. The van der Waals surface area contributed by atoms with Crippen molar-refractivity contribution in [1.29, 1.82) is 0 Å². The Bertz CT molecular complexity index is 534. The van der Waals surface area contributed by atoms with E-state index in [9.17, 15) is 4.79 Å². The maximum absolute atomic E-state index is 11.5. The molecule has 0 saturated carbocycles. The predicted octanol–water partition coefficient (Wildman–Crippen LogP) is 2.51. The molecule has 2 aromatic rings. The molecule has 0 saturated heterocycles. The summed E-state index contributed by atoms with van der Waals surface area (Å²) < 4.78 is 0. The Kier molecular flexibility index (Phi) is 3.38. The van der Waals surface area contributed by atoms with Crippen molar-refractivity contribution < 1.29 is 4.79 Å². The van der Waals surface area contributed by atoms with Crippen molar-refractivity contribution in [2.45, 2.75) is 20.4 Å². The molecule has 1 aromatic carbocycles. The first-order chi connectivity index (χ1) is 8.16. The second-order valence-corrected chi connectivity index (χ2v) is 4.40. The molecule has 88 valence electrons. The van der Waals surface area contributed by atoms with Crippen molar-refractivity contribution >= 4 is 16.8 Å². The molecule has 2 rings (SSSR count).